The molecule has 1 aromatic carbocycles. The summed E-state index contributed by atoms with van der Waals surface area (Å²) < 4.78 is 13.1. The molecular weight excluding hydrogens is 203 g/mol. The van der Waals surface area contributed by atoms with E-state index in [1.54, 1.807) is 6.07 Å². The van der Waals surface area contributed by atoms with Crippen molar-refractivity contribution in [1.82, 2.24) is 0 Å². The predicted octanol–water partition coefficient (Wildman–Crippen LogP) is 2.76. The van der Waals surface area contributed by atoms with Gasteiger partial charge < -0.3 is 11.1 Å². The van der Waals surface area contributed by atoms with Crippen LogP contribution in [-0.4, -0.2) is 12.1 Å². The second kappa shape index (κ2) is 4.42. The summed E-state index contributed by atoms with van der Waals surface area (Å²) in [5, 5.41) is 3.41. The molecular formula is C13H19FN2. The molecule has 0 bridgehead atoms. The first-order chi connectivity index (χ1) is 7.63. The maximum absolute atomic E-state index is 13.1. The van der Waals surface area contributed by atoms with Crippen LogP contribution in [0.3, 0.4) is 0 Å². The summed E-state index contributed by atoms with van der Waals surface area (Å²) in [6.45, 7) is 2.85. The van der Waals surface area contributed by atoms with Gasteiger partial charge >= 0.3 is 0 Å². The third kappa shape index (κ3) is 2.35. The number of nitrogens with one attached hydrogen (secondary N) is 1. The lowest BCUT2D eigenvalue weighted by atomic mass is 9.96. The minimum atomic E-state index is -0.205. The van der Waals surface area contributed by atoms with Crippen molar-refractivity contribution in [2.75, 3.05) is 11.9 Å². The van der Waals surface area contributed by atoms with E-state index in [0.717, 1.165) is 18.5 Å². The summed E-state index contributed by atoms with van der Waals surface area (Å²) >= 11 is 0. The fraction of sp³-hybridized carbons (Fsp3) is 0.538. The van der Waals surface area contributed by atoms with E-state index in [2.05, 4.69) is 12.2 Å². The van der Waals surface area contributed by atoms with E-state index in [4.69, 9.17) is 5.73 Å². The molecule has 2 nitrogen and oxygen atoms in total. The van der Waals surface area contributed by atoms with Crippen molar-refractivity contribution in [3.8, 4) is 0 Å². The first-order valence-electron chi connectivity index (χ1n) is 5.87. The highest BCUT2D eigenvalue weighted by atomic mass is 19.1. The van der Waals surface area contributed by atoms with Gasteiger partial charge in [-0.15, -0.1) is 0 Å². The van der Waals surface area contributed by atoms with Crippen LogP contribution in [0.15, 0.2) is 24.3 Å². The minimum Gasteiger partial charge on any atom is -0.378 e. The summed E-state index contributed by atoms with van der Waals surface area (Å²) in [7, 11) is 0. The Bertz CT molecular complexity index is 367. The van der Waals surface area contributed by atoms with Crippen molar-refractivity contribution >= 4 is 5.69 Å². The van der Waals surface area contributed by atoms with Crippen LogP contribution in [0.25, 0.3) is 0 Å². The van der Waals surface area contributed by atoms with Crippen LogP contribution in [-0.2, 0) is 0 Å². The Labute approximate surface area is 96.0 Å². The molecule has 0 spiro atoms. The lowest BCUT2D eigenvalue weighted by molar-refractivity contribution is 0.470. The fourth-order valence-corrected chi connectivity index (χ4v) is 2.62. The molecule has 3 N–H and O–H groups in total. The van der Waals surface area contributed by atoms with Gasteiger partial charge in [-0.25, -0.2) is 4.39 Å². The zero-order valence-electron chi connectivity index (χ0n) is 9.67. The molecule has 0 saturated heterocycles. The molecule has 1 fully saturated rings. The second-order valence-electron chi connectivity index (χ2n) is 4.97. The smallest absolute Gasteiger partial charge is 0.125 e. The molecule has 2 rings (SSSR count). The van der Waals surface area contributed by atoms with Crippen molar-refractivity contribution in [1.29, 1.82) is 0 Å². The molecule has 1 aliphatic carbocycles. The van der Waals surface area contributed by atoms with Gasteiger partial charge in [-0.2, -0.15) is 0 Å². The second-order valence-corrected chi connectivity index (χ2v) is 4.97. The Hall–Kier alpha value is -1.09. The minimum absolute atomic E-state index is 0.0345. The molecule has 3 heteroatoms. The SMILES string of the molecule is CC1CCC(CN)(Nc2cccc(F)c2)C1. The zero-order chi connectivity index (χ0) is 11.6. The number of anilines is 1. The molecule has 1 aliphatic rings. The molecule has 2 unspecified atom stereocenters. The van der Waals surface area contributed by atoms with E-state index in [9.17, 15) is 4.39 Å². The summed E-state index contributed by atoms with van der Waals surface area (Å²) in [4.78, 5) is 0. The third-order valence-corrected chi connectivity index (χ3v) is 3.48. The maximum atomic E-state index is 13.1. The first-order valence-corrected chi connectivity index (χ1v) is 5.87. The van der Waals surface area contributed by atoms with Crippen LogP contribution in [0.4, 0.5) is 10.1 Å². The molecule has 1 saturated carbocycles. The van der Waals surface area contributed by atoms with Gasteiger partial charge in [-0.3, -0.25) is 0 Å². The number of hydrogen-bond donors (Lipinski definition) is 2. The van der Waals surface area contributed by atoms with Crippen LogP contribution in [0.2, 0.25) is 0 Å². The Kier molecular flexibility index (Phi) is 3.15. The zero-order valence-corrected chi connectivity index (χ0v) is 9.67. The summed E-state index contributed by atoms with van der Waals surface area (Å²) in [6, 6.07) is 6.60. The normalized spacial score (nSPS) is 29.3. The summed E-state index contributed by atoms with van der Waals surface area (Å²) in [5.41, 5.74) is 6.66. The van der Waals surface area contributed by atoms with Gasteiger partial charge in [0.15, 0.2) is 0 Å². The molecule has 2 atom stereocenters. The van der Waals surface area contributed by atoms with E-state index >= 15 is 0 Å². The first kappa shape index (κ1) is 11.4. The van der Waals surface area contributed by atoms with Gasteiger partial charge in [-0.1, -0.05) is 13.0 Å². The van der Waals surface area contributed by atoms with Gasteiger partial charge in [0.1, 0.15) is 5.82 Å². The quantitative estimate of drug-likeness (QED) is 0.825. The molecule has 0 aromatic heterocycles. The topological polar surface area (TPSA) is 38.0 Å². The number of rotatable bonds is 3. The van der Waals surface area contributed by atoms with Crippen molar-refractivity contribution < 1.29 is 4.39 Å². The molecule has 1 aromatic rings. The highest BCUT2D eigenvalue weighted by molar-refractivity contribution is 5.46. The number of halogens is 1. The van der Waals surface area contributed by atoms with E-state index in [-0.39, 0.29) is 11.4 Å². The van der Waals surface area contributed by atoms with Crippen LogP contribution >= 0.6 is 0 Å². The van der Waals surface area contributed by atoms with Crippen LogP contribution in [0.1, 0.15) is 26.2 Å². The number of nitrogens with two attached hydrogens (primary N) is 1. The Morgan fingerprint density at radius 2 is 2.38 bits per heavy atom. The molecule has 0 aliphatic heterocycles. The standard InChI is InChI=1S/C13H19FN2/c1-10-5-6-13(8-10,9-15)16-12-4-2-3-11(14)7-12/h2-4,7,10,16H,5-6,8-9,15H2,1H3. The molecule has 0 amide bonds. The molecule has 16 heavy (non-hydrogen) atoms. The average Bonchev–Trinajstić information content (AvgIpc) is 2.61. The third-order valence-electron chi connectivity index (χ3n) is 3.48. The Morgan fingerprint density at radius 3 is 2.94 bits per heavy atom. The largest absolute Gasteiger partial charge is 0.378 e. The van der Waals surface area contributed by atoms with Crippen molar-refractivity contribution in [2.24, 2.45) is 11.7 Å². The predicted molar refractivity (Wildman–Crippen MR) is 64.8 cm³/mol. The molecule has 88 valence electrons. The van der Waals surface area contributed by atoms with E-state index in [1.807, 2.05) is 6.07 Å². The van der Waals surface area contributed by atoms with E-state index < -0.39 is 0 Å². The lowest BCUT2D eigenvalue weighted by Gasteiger charge is -2.30. The number of hydrogen-bond acceptors (Lipinski definition) is 2. The van der Waals surface area contributed by atoms with Gasteiger partial charge in [0.05, 0.1) is 0 Å². The van der Waals surface area contributed by atoms with Gasteiger partial charge in [-0.05, 0) is 43.4 Å². The van der Waals surface area contributed by atoms with E-state index in [1.165, 1.54) is 18.6 Å². The lowest BCUT2D eigenvalue weighted by Crippen LogP contribution is -2.43. The number of benzene rings is 1. The van der Waals surface area contributed by atoms with Gasteiger partial charge in [0.25, 0.3) is 0 Å². The van der Waals surface area contributed by atoms with Gasteiger partial charge in [0, 0.05) is 17.8 Å². The molecule has 0 radical (unpaired) electrons. The fourth-order valence-electron chi connectivity index (χ4n) is 2.62. The van der Waals surface area contributed by atoms with E-state index in [0.29, 0.717) is 12.5 Å². The van der Waals surface area contributed by atoms with Crippen LogP contribution in [0, 0.1) is 11.7 Å². The van der Waals surface area contributed by atoms with Crippen LogP contribution in [0.5, 0.6) is 0 Å². The summed E-state index contributed by atoms with van der Waals surface area (Å²) in [5.74, 6) is 0.493. The Morgan fingerprint density at radius 1 is 1.56 bits per heavy atom. The van der Waals surface area contributed by atoms with Crippen molar-refractivity contribution in [3.63, 3.8) is 0 Å². The highest BCUT2D eigenvalue weighted by Crippen LogP contribution is 2.36. The Balaban J connectivity index is 2.13. The maximum Gasteiger partial charge on any atom is 0.125 e. The molecule has 0 heterocycles. The van der Waals surface area contributed by atoms with Crippen molar-refractivity contribution in [2.45, 2.75) is 31.7 Å². The summed E-state index contributed by atoms with van der Waals surface area (Å²) in [6.07, 6.45) is 3.33. The monoisotopic (exact) mass is 222 g/mol. The average molecular weight is 222 g/mol. The van der Waals surface area contributed by atoms with Gasteiger partial charge in [0.2, 0.25) is 0 Å². The highest BCUT2D eigenvalue weighted by Gasteiger charge is 2.36. The van der Waals surface area contributed by atoms with Crippen LogP contribution < -0.4 is 11.1 Å². The van der Waals surface area contributed by atoms with Crippen molar-refractivity contribution in [3.05, 3.63) is 30.1 Å².